The van der Waals surface area contributed by atoms with Gasteiger partial charge in [0.2, 0.25) is 0 Å². The second-order valence-corrected chi connectivity index (χ2v) is 14.0. The lowest BCUT2D eigenvalue weighted by Crippen LogP contribution is -2.42. The van der Waals surface area contributed by atoms with Crippen molar-refractivity contribution in [2.45, 2.75) is 60.4 Å². The minimum atomic E-state index is -0.438. The maximum Gasteiger partial charge on any atom is 0.354 e. The summed E-state index contributed by atoms with van der Waals surface area (Å²) in [6, 6.07) is 15.2. The molecule has 1 amide bonds. The summed E-state index contributed by atoms with van der Waals surface area (Å²) >= 11 is 13.5. The summed E-state index contributed by atoms with van der Waals surface area (Å²) in [6.45, 7) is 12.8. The molecule has 0 aliphatic carbocycles. The zero-order chi connectivity index (χ0) is 36.1. The first kappa shape index (κ1) is 34.6. The van der Waals surface area contributed by atoms with E-state index in [0.717, 1.165) is 66.3 Å². The molecule has 6 aromatic rings. The zero-order valence-electron chi connectivity index (χ0n) is 29.5. The molecule has 0 bridgehead atoms. The minimum Gasteiger partial charge on any atom is -0.494 e. The number of aromatic nitrogens is 4. The molecule has 1 aliphatic heterocycles. The molecule has 0 fully saturated rings. The van der Waals surface area contributed by atoms with Crippen molar-refractivity contribution in [2.75, 3.05) is 24.7 Å². The summed E-state index contributed by atoms with van der Waals surface area (Å²) in [5, 5.41) is 3.07. The van der Waals surface area contributed by atoms with Crippen molar-refractivity contribution in [1.82, 2.24) is 19.5 Å². The molecule has 3 aromatic heterocycles. The molecular weight excluding hydrogens is 685 g/mol. The number of fused-ring (bicyclic) bond motifs is 4. The van der Waals surface area contributed by atoms with Gasteiger partial charge in [-0.2, -0.15) is 0 Å². The van der Waals surface area contributed by atoms with E-state index in [1.165, 1.54) is 0 Å². The Hall–Kier alpha value is -4.86. The van der Waals surface area contributed by atoms with Gasteiger partial charge in [0, 0.05) is 50.9 Å². The number of benzene rings is 3. The lowest BCUT2D eigenvalue weighted by Gasteiger charge is -2.34. The lowest BCUT2D eigenvalue weighted by atomic mass is 9.97. The molecule has 1 atom stereocenters. The summed E-state index contributed by atoms with van der Waals surface area (Å²) < 4.78 is 13.6. The number of H-pyrrole nitrogens is 1. The molecule has 11 heteroatoms. The lowest BCUT2D eigenvalue weighted by molar-refractivity contribution is 0.0520. The molecule has 51 heavy (non-hydrogen) atoms. The number of nitrogens with zero attached hydrogens (tertiary/aromatic N) is 4. The Kier molecular flexibility index (Phi) is 9.29. The van der Waals surface area contributed by atoms with E-state index in [2.05, 4.69) is 26.4 Å². The van der Waals surface area contributed by atoms with Gasteiger partial charge in [0.15, 0.2) is 0 Å². The fourth-order valence-corrected chi connectivity index (χ4v) is 7.80. The number of aromatic amines is 1. The van der Waals surface area contributed by atoms with Crippen LogP contribution in [0.25, 0.3) is 32.9 Å². The van der Waals surface area contributed by atoms with Crippen molar-refractivity contribution in [1.29, 1.82) is 0 Å². The van der Waals surface area contributed by atoms with Crippen molar-refractivity contribution in [3.8, 4) is 16.9 Å². The van der Waals surface area contributed by atoms with Crippen molar-refractivity contribution in [2.24, 2.45) is 0 Å². The largest absolute Gasteiger partial charge is 0.494 e. The summed E-state index contributed by atoms with van der Waals surface area (Å²) in [5.74, 6) is 0.189. The number of amides is 1. The van der Waals surface area contributed by atoms with Crippen LogP contribution in [-0.4, -0.2) is 51.2 Å². The highest BCUT2D eigenvalue weighted by Gasteiger charge is 2.37. The summed E-state index contributed by atoms with van der Waals surface area (Å²) in [7, 11) is 0. The summed E-state index contributed by atoms with van der Waals surface area (Å²) in [6.07, 6.45) is 2.80. The number of anilines is 1. The number of halogens is 2. The molecule has 0 unspecified atom stereocenters. The van der Waals surface area contributed by atoms with Crippen molar-refractivity contribution in [3.63, 3.8) is 0 Å². The van der Waals surface area contributed by atoms with E-state index >= 15 is 0 Å². The Balaban J connectivity index is 1.36. The van der Waals surface area contributed by atoms with Crippen LogP contribution < -0.4 is 9.64 Å². The maximum absolute atomic E-state index is 15.0. The van der Waals surface area contributed by atoms with Gasteiger partial charge in [-0.05, 0) is 101 Å². The number of hydrogen-bond acceptors (Lipinski definition) is 6. The summed E-state index contributed by atoms with van der Waals surface area (Å²) in [5.41, 5.74) is 9.38. The van der Waals surface area contributed by atoms with E-state index in [0.29, 0.717) is 53.6 Å². The van der Waals surface area contributed by atoms with Crippen LogP contribution >= 0.6 is 23.2 Å². The Morgan fingerprint density at radius 2 is 1.73 bits per heavy atom. The Labute approximate surface area is 306 Å². The Morgan fingerprint density at radius 3 is 2.43 bits per heavy atom. The Bertz CT molecular complexity index is 2320. The molecule has 0 saturated heterocycles. The fraction of sp³-hybridized carbons (Fsp3) is 0.300. The van der Waals surface area contributed by atoms with Gasteiger partial charge in [-0.15, -0.1) is 0 Å². The van der Waals surface area contributed by atoms with Gasteiger partial charge in [-0.3, -0.25) is 4.79 Å². The molecule has 1 N–H and O–H groups in total. The fourth-order valence-electron chi connectivity index (χ4n) is 7.44. The summed E-state index contributed by atoms with van der Waals surface area (Å²) in [4.78, 5) is 41.7. The predicted molar refractivity (Wildman–Crippen MR) is 203 cm³/mol. The minimum absolute atomic E-state index is 0.135. The normalized spacial score (nSPS) is 14.4. The van der Waals surface area contributed by atoms with Crippen LogP contribution in [0, 0.1) is 27.7 Å². The van der Waals surface area contributed by atoms with Crippen LogP contribution in [0.3, 0.4) is 0 Å². The zero-order valence-corrected chi connectivity index (χ0v) is 31.0. The first-order chi connectivity index (χ1) is 24.5. The highest BCUT2D eigenvalue weighted by atomic mass is 35.5. The van der Waals surface area contributed by atoms with Gasteiger partial charge >= 0.3 is 5.97 Å². The number of nitrogens with one attached hydrogen (secondary N) is 1. The topological polar surface area (TPSA) is 102 Å². The molecule has 9 nitrogen and oxygen atoms in total. The van der Waals surface area contributed by atoms with E-state index in [4.69, 9.17) is 32.7 Å². The number of rotatable bonds is 9. The van der Waals surface area contributed by atoms with Gasteiger partial charge < -0.3 is 23.9 Å². The van der Waals surface area contributed by atoms with Crippen LogP contribution in [0.15, 0.2) is 54.9 Å². The molecule has 1 aliphatic rings. The van der Waals surface area contributed by atoms with E-state index in [1.54, 1.807) is 19.3 Å². The van der Waals surface area contributed by atoms with Crippen LogP contribution in [0.5, 0.6) is 5.75 Å². The van der Waals surface area contributed by atoms with Crippen molar-refractivity contribution >= 4 is 62.6 Å². The third-order valence-corrected chi connectivity index (χ3v) is 10.6. The number of para-hydroxylation sites is 1. The average Bonchev–Trinajstić information content (AvgIpc) is 3.68. The second-order valence-electron chi connectivity index (χ2n) is 13.2. The van der Waals surface area contributed by atoms with Gasteiger partial charge in [0.05, 0.1) is 35.0 Å². The van der Waals surface area contributed by atoms with Gasteiger partial charge in [-0.25, -0.2) is 14.8 Å². The first-order valence-corrected chi connectivity index (χ1v) is 17.9. The van der Waals surface area contributed by atoms with Gasteiger partial charge in [-0.1, -0.05) is 41.4 Å². The molecule has 3 aromatic carbocycles. The molecule has 0 saturated carbocycles. The third-order valence-electron chi connectivity index (χ3n) is 9.70. The van der Waals surface area contributed by atoms with E-state index in [9.17, 15) is 9.59 Å². The average molecular weight is 725 g/mol. The maximum atomic E-state index is 15.0. The molecular formula is C40H39Cl2N5O4. The van der Waals surface area contributed by atoms with Crippen molar-refractivity contribution in [3.05, 3.63) is 104 Å². The van der Waals surface area contributed by atoms with Crippen LogP contribution in [-0.2, 0) is 11.2 Å². The van der Waals surface area contributed by atoms with Crippen LogP contribution in [0.1, 0.15) is 75.4 Å². The monoisotopic (exact) mass is 723 g/mol. The smallest absolute Gasteiger partial charge is 0.354 e. The quantitative estimate of drug-likeness (QED) is 0.118. The molecule has 0 radical (unpaired) electrons. The van der Waals surface area contributed by atoms with Crippen molar-refractivity contribution < 1.29 is 19.1 Å². The molecule has 7 rings (SSSR count). The van der Waals surface area contributed by atoms with E-state index < -0.39 is 5.97 Å². The van der Waals surface area contributed by atoms with E-state index in [1.807, 2.05) is 75.1 Å². The number of ether oxygens (including phenoxy) is 2. The Morgan fingerprint density at radius 1 is 1.00 bits per heavy atom. The van der Waals surface area contributed by atoms with E-state index in [-0.39, 0.29) is 18.6 Å². The molecule has 0 spiro atoms. The number of aryl methyl sites for hydroxylation is 5. The predicted octanol–water partition coefficient (Wildman–Crippen LogP) is 9.53. The van der Waals surface area contributed by atoms with Gasteiger partial charge in [0.25, 0.3) is 5.91 Å². The second kappa shape index (κ2) is 13.7. The highest BCUT2D eigenvalue weighted by molar-refractivity contribution is 6.35. The standard InChI is InChI=1S/C40H39Cl2N5O4/c1-7-50-40(49)31-18-26-10-8-12-32(36(26)45-31)46-19-23(4)47-37-29(13-14-30(41)34(37)33-24(5)43-20-44-25(33)6)28(38(47)39(46)48)11-9-15-51-27-16-21(2)35(42)22(3)17-27/h8,10,12-14,16-18,20,23,45H,7,9,11,15,19H2,1-6H3/t23-/m1/s1. The molecule has 4 heterocycles. The SMILES string of the molecule is CCOC(=O)c1cc2cccc(N3C[C@@H](C)n4c(c(CCCOc5cc(C)c(Cl)c(C)c5)c5ccc(Cl)c(-c6c(C)ncnc6C)c54)C3=O)c2[nH]1. The molecule has 262 valence electrons. The highest BCUT2D eigenvalue weighted by Crippen LogP contribution is 2.45. The first-order valence-electron chi connectivity index (χ1n) is 17.1. The van der Waals surface area contributed by atoms with Crippen LogP contribution in [0.2, 0.25) is 10.0 Å². The number of esters is 1. The van der Waals surface area contributed by atoms with Crippen LogP contribution in [0.4, 0.5) is 5.69 Å². The van der Waals surface area contributed by atoms with Gasteiger partial charge in [0.1, 0.15) is 23.5 Å². The number of carbonyl (C=O) groups excluding carboxylic acids is 2. The number of carbonyl (C=O) groups is 2. The number of hydrogen-bond donors (Lipinski definition) is 1. The third kappa shape index (κ3) is 6.02.